The maximum atomic E-state index is 4.59. The summed E-state index contributed by atoms with van der Waals surface area (Å²) in [5.41, 5.74) is 1.09. The highest BCUT2D eigenvalue weighted by molar-refractivity contribution is 7.22. The van der Waals surface area contributed by atoms with Crippen LogP contribution in [0.15, 0.2) is 24.3 Å². The van der Waals surface area contributed by atoms with Gasteiger partial charge in [-0.2, -0.15) is 0 Å². The van der Waals surface area contributed by atoms with Gasteiger partial charge < -0.3 is 5.32 Å². The minimum absolute atomic E-state index is 0.491. The molecule has 2 atom stereocenters. The number of anilines is 1. The number of nitrogens with zero attached hydrogens (tertiary/aromatic N) is 1. The van der Waals surface area contributed by atoms with Crippen LogP contribution in [0.1, 0.15) is 33.6 Å². The minimum Gasteiger partial charge on any atom is -0.359 e. The Morgan fingerprint density at radius 1 is 1.29 bits per heavy atom. The largest absolute Gasteiger partial charge is 0.359 e. The third-order valence-corrected chi connectivity index (χ3v) is 4.08. The van der Waals surface area contributed by atoms with E-state index in [0.29, 0.717) is 6.04 Å². The number of hydrogen-bond acceptors (Lipinski definition) is 3. The maximum Gasteiger partial charge on any atom is 0.183 e. The third-order valence-electron chi connectivity index (χ3n) is 3.12. The van der Waals surface area contributed by atoms with Gasteiger partial charge in [-0.1, -0.05) is 43.7 Å². The van der Waals surface area contributed by atoms with Gasteiger partial charge in [-0.3, -0.25) is 0 Å². The summed E-state index contributed by atoms with van der Waals surface area (Å²) in [6.45, 7) is 6.78. The highest BCUT2D eigenvalue weighted by Gasteiger charge is 2.09. The van der Waals surface area contributed by atoms with Crippen LogP contribution in [0.2, 0.25) is 0 Å². The van der Waals surface area contributed by atoms with E-state index in [9.17, 15) is 0 Å². The number of aromatic nitrogens is 1. The first-order valence-corrected chi connectivity index (χ1v) is 7.12. The van der Waals surface area contributed by atoms with Gasteiger partial charge in [0.15, 0.2) is 5.13 Å². The number of benzene rings is 1. The van der Waals surface area contributed by atoms with Gasteiger partial charge in [0.2, 0.25) is 0 Å². The Bertz CT molecular complexity index is 445. The Morgan fingerprint density at radius 2 is 2.06 bits per heavy atom. The lowest BCUT2D eigenvalue weighted by Crippen LogP contribution is -2.17. The molecular weight excluding hydrogens is 228 g/mol. The summed E-state index contributed by atoms with van der Waals surface area (Å²) in [4.78, 5) is 4.59. The van der Waals surface area contributed by atoms with Gasteiger partial charge in [0.25, 0.3) is 0 Å². The molecule has 0 amide bonds. The Labute approximate surface area is 107 Å². The minimum atomic E-state index is 0.491. The summed E-state index contributed by atoms with van der Waals surface area (Å²) in [6.07, 6.45) is 2.44. The average molecular weight is 248 g/mol. The van der Waals surface area contributed by atoms with Crippen molar-refractivity contribution in [1.82, 2.24) is 4.98 Å². The molecule has 1 aromatic carbocycles. The van der Waals surface area contributed by atoms with Gasteiger partial charge in [0, 0.05) is 6.04 Å². The predicted molar refractivity (Wildman–Crippen MR) is 76.8 cm³/mol. The molecule has 3 heteroatoms. The Morgan fingerprint density at radius 3 is 2.76 bits per heavy atom. The van der Waals surface area contributed by atoms with Crippen LogP contribution >= 0.6 is 11.3 Å². The first-order valence-electron chi connectivity index (χ1n) is 6.31. The van der Waals surface area contributed by atoms with Gasteiger partial charge in [0.1, 0.15) is 0 Å². The molecule has 2 aromatic rings. The van der Waals surface area contributed by atoms with E-state index in [4.69, 9.17) is 0 Å². The van der Waals surface area contributed by atoms with Crippen LogP contribution in [0.3, 0.4) is 0 Å². The summed E-state index contributed by atoms with van der Waals surface area (Å²) in [5, 5.41) is 4.55. The summed E-state index contributed by atoms with van der Waals surface area (Å²) >= 11 is 1.74. The summed E-state index contributed by atoms with van der Waals surface area (Å²) < 4.78 is 1.26. The first kappa shape index (κ1) is 12.4. The molecular formula is C14H20N2S. The van der Waals surface area contributed by atoms with Crippen LogP contribution in [0.5, 0.6) is 0 Å². The summed E-state index contributed by atoms with van der Waals surface area (Å²) in [7, 11) is 0. The highest BCUT2D eigenvalue weighted by atomic mass is 32.1. The molecule has 0 saturated heterocycles. The van der Waals surface area contributed by atoms with Crippen molar-refractivity contribution in [2.75, 3.05) is 5.32 Å². The van der Waals surface area contributed by atoms with E-state index in [1.165, 1.54) is 17.5 Å². The van der Waals surface area contributed by atoms with E-state index in [1.807, 2.05) is 6.07 Å². The average Bonchev–Trinajstić information content (AvgIpc) is 2.70. The monoisotopic (exact) mass is 248 g/mol. The van der Waals surface area contributed by atoms with Crippen molar-refractivity contribution in [3.8, 4) is 0 Å². The van der Waals surface area contributed by atoms with Crippen molar-refractivity contribution in [2.45, 2.75) is 39.7 Å². The molecule has 0 aliphatic rings. The predicted octanol–water partition coefficient (Wildman–Crippen LogP) is 4.53. The second kappa shape index (κ2) is 5.50. The van der Waals surface area contributed by atoms with Crippen molar-refractivity contribution < 1.29 is 0 Å². The van der Waals surface area contributed by atoms with Gasteiger partial charge in [-0.25, -0.2) is 4.98 Å². The molecule has 2 nitrogen and oxygen atoms in total. The van der Waals surface area contributed by atoms with Crippen molar-refractivity contribution in [2.24, 2.45) is 5.92 Å². The second-order valence-electron chi connectivity index (χ2n) is 4.78. The fourth-order valence-electron chi connectivity index (χ4n) is 1.97. The van der Waals surface area contributed by atoms with E-state index >= 15 is 0 Å². The number of thiazole rings is 1. The third kappa shape index (κ3) is 3.19. The number of para-hydroxylation sites is 1. The van der Waals surface area contributed by atoms with Gasteiger partial charge >= 0.3 is 0 Å². The van der Waals surface area contributed by atoms with E-state index < -0.39 is 0 Å². The zero-order valence-electron chi connectivity index (χ0n) is 10.7. The molecule has 1 aromatic heterocycles. The van der Waals surface area contributed by atoms with Crippen molar-refractivity contribution in [1.29, 1.82) is 0 Å². The first-order chi connectivity index (χ1) is 8.19. The fraction of sp³-hybridized carbons (Fsp3) is 0.500. The SMILES string of the molecule is CCC(C)CC(C)Nc1nc2ccccc2s1. The molecule has 0 spiro atoms. The highest BCUT2D eigenvalue weighted by Crippen LogP contribution is 2.26. The van der Waals surface area contributed by atoms with Crippen LogP contribution in [-0.4, -0.2) is 11.0 Å². The molecule has 1 N–H and O–H groups in total. The Balaban J connectivity index is 2.03. The van der Waals surface area contributed by atoms with E-state index in [2.05, 4.69) is 49.3 Å². The summed E-state index contributed by atoms with van der Waals surface area (Å²) in [5.74, 6) is 0.770. The smallest absolute Gasteiger partial charge is 0.183 e. The zero-order valence-corrected chi connectivity index (χ0v) is 11.6. The molecule has 0 radical (unpaired) electrons. The van der Waals surface area contributed by atoms with Crippen molar-refractivity contribution >= 4 is 26.7 Å². The fourth-order valence-corrected chi connectivity index (χ4v) is 2.95. The van der Waals surface area contributed by atoms with Crippen LogP contribution in [0, 0.1) is 5.92 Å². The van der Waals surface area contributed by atoms with Crippen LogP contribution in [0.25, 0.3) is 10.2 Å². The number of fused-ring (bicyclic) bond motifs is 1. The van der Waals surface area contributed by atoms with E-state index in [0.717, 1.165) is 16.6 Å². The topological polar surface area (TPSA) is 24.9 Å². The van der Waals surface area contributed by atoms with Crippen LogP contribution < -0.4 is 5.32 Å². The molecule has 0 bridgehead atoms. The van der Waals surface area contributed by atoms with Gasteiger partial charge in [-0.05, 0) is 31.4 Å². The second-order valence-corrected chi connectivity index (χ2v) is 5.81. The molecule has 0 saturated carbocycles. The molecule has 2 rings (SSSR count). The molecule has 0 aliphatic heterocycles. The molecule has 0 fully saturated rings. The molecule has 0 aliphatic carbocycles. The van der Waals surface area contributed by atoms with Crippen molar-refractivity contribution in [3.63, 3.8) is 0 Å². The van der Waals surface area contributed by atoms with Crippen molar-refractivity contribution in [3.05, 3.63) is 24.3 Å². The van der Waals surface area contributed by atoms with Crippen LogP contribution in [0.4, 0.5) is 5.13 Å². The zero-order chi connectivity index (χ0) is 12.3. The quantitative estimate of drug-likeness (QED) is 0.840. The number of hydrogen-bond donors (Lipinski definition) is 1. The lowest BCUT2D eigenvalue weighted by atomic mass is 10.0. The molecule has 1 heterocycles. The van der Waals surface area contributed by atoms with E-state index in [-0.39, 0.29) is 0 Å². The standard InChI is InChI=1S/C14H20N2S/c1-4-10(2)9-11(3)15-14-16-12-7-5-6-8-13(12)17-14/h5-8,10-11H,4,9H2,1-3H3,(H,15,16). The molecule has 2 unspecified atom stereocenters. The lowest BCUT2D eigenvalue weighted by molar-refractivity contribution is 0.484. The summed E-state index contributed by atoms with van der Waals surface area (Å²) in [6, 6.07) is 8.78. The maximum absolute atomic E-state index is 4.59. The number of nitrogens with one attached hydrogen (secondary N) is 1. The van der Waals surface area contributed by atoms with Gasteiger partial charge in [0.05, 0.1) is 10.2 Å². The molecule has 17 heavy (non-hydrogen) atoms. The number of rotatable bonds is 5. The Kier molecular flexibility index (Phi) is 4.00. The normalized spacial score (nSPS) is 14.8. The van der Waals surface area contributed by atoms with Gasteiger partial charge in [-0.15, -0.1) is 0 Å². The van der Waals surface area contributed by atoms with Crippen LogP contribution in [-0.2, 0) is 0 Å². The lowest BCUT2D eigenvalue weighted by Gasteiger charge is -2.16. The van der Waals surface area contributed by atoms with E-state index in [1.54, 1.807) is 11.3 Å². The molecule has 92 valence electrons. The Hall–Kier alpha value is -1.09.